The van der Waals surface area contributed by atoms with Gasteiger partial charge in [0.15, 0.2) is 9.84 Å². The van der Waals surface area contributed by atoms with Crippen LogP contribution in [0.15, 0.2) is 41.4 Å². The smallest absolute Gasteiger partial charge is 0.224 e. The van der Waals surface area contributed by atoms with Gasteiger partial charge in [-0.2, -0.15) is 4.98 Å². The summed E-state index contributed by atoms with van der Waals surface area (Å²) >= 11 is 0. The highest BCUT2D eigenvalue weighted by Gasteiger charge is 2.06. The summed E-state index contributed by atoms with van der Waals surface area (Å²) in [7, 11) is -3.17. The summed E-state index contributed by atoms with van der Waals surface area (Å²) in [5.74, 6) is 1.19. The molecule has 0 spiro atoms. The Hall–Kier alpha value is -2.15. The Kier molecular flexibility index (Phi) is 4.19. The lowest BCUT2D eigenvalue weighted by atomic mass is 10.3. The van der Waals surface area contributed by atoms with Gasteiger partial charge >= 0.3 is 0 Å². The third-order valence-electron chi connectivity index (χ3n) is 2.55. The fourth-order valence-corrected chi connectivity index (χ4v) is 2.24. The van der Waals surface area contributed by atoms with Gasteiger partial charge < -0.3 is 10.6 Å². The first-order valence-electron chi connectivity index (χ1n) is 6.13. The largest absolute Gasteiger partial charge is 0.354 e. The van der Waals surface area contributed by atoms with E-state index < -0.39 is 9.84 Å². The second-order valence-corrected chi connectivity index (χ2v) is 6.23. The van der Waals surface area contributed by atoms with Gasteiger partial charge in [0.2, 0.25) is 5.95 Å². The Morgan fingerprint density at radius 3 is 2.45 bits per heavy atom. The predicted octanol–water partition coefficient (Wildman–Crippen LogP) is 2.06. The second-order valence-electron chi connectivity index (χ2n) is 4.22. The highest BCUT2D eigenvalue weighted by Crippen LogP contribution is 2.18. The highest BCUT2D eigenvalue weighted by molar-refractivity contribution is 7.90. The van der Waals surface area contributed by atoms with E-state index in [2.05, 4.69) is 20.6 Å². The fraction of sp³-hybridized carbons (Fsp3) is 0.231. The van der Waals surface area contributed by atoms with Crippen molar-refractivity contribution in [2.75, 3.05) is 23.4 Å². The zero-order valence-electron chi connectivity index (χ0n) is 11.3. The molecule has 0 amide bonds. The topological polar surface area (TPSA) is 84.0 Å². The van der Waals surface area contributed by atoms with Gasteiger partial charge in [0.25, 0.3) is 0 Å². The maximum Gasteiger partial charge on any atom is 0.224 e. The van der Waals surface area contributed by atoms with Crippen molar-refractivity contribution in [3.8, 4) is 0 Å². The molecular formula is C13H16N4O2S. The summed E-state index contributed by atoms with van der Waals surface area (Å²) in [5, 5.41) is 6.12. The lowest BCUT2D eigenvalue weighted by molar-refractivity contribution is 0.602. The molecule has 20 heavy (non-hydrogen) atoms. The van der Waals surface area contributed by atoms with E-state index >= 15 is 0 Å². The summed E-state index contributed by atoms with van der Waals surface area (Å²) in [6.07, 6.45) is 2.83. The molecule has 106 valence electrons. The molecule has 0 bridgehead atoms. The Morgan fingerprint density at radius 2 is 1.85 bits per heavy atom. The first-order chi connectivity index (χ1) is 9.49. The maximum absolute atomic E-state index is 11.4. The number of nitrogens with zero attached hydrogens (tertiary/aromatic N) is 2. The molecular weight excluding hydrogens is 276 g/mol. The molecule has 1 aromatic carbocycles. The molecule has 0 aliphatic rings. The predicted molar refractivity (Wildman–Crippen MR) is 79.0 cm³/mol. The number of hydrogen-bond donors (Lipinski definition) is 2. The molecule has 0 unspecified atom stereocenters. The van der Waals surface area contributed by atoms with Crippen molar-refractivity contribution in [2.45, 2.75) is 11.8 Å². The van der Waals surface area contributed by atoms with Gasteiger partial charge in [0, 0.05) is 24.7 Å². The van der Waals surface area contributed by atoms with E-state index in [1.807, 2.05) is 6.92 Å². The zero-order valence-corrected chi connectivity index (χ0v) is 12.1. The van der Waals surface area contributed by atoms with Gasteiger partial charge in [-0.3, -0.25) is 0 Å². The van der Waals surface area contributed by atoms with E-state index in [0.29, 0.717) is 16.7 Å². The minimum absolute atomic E-state index is 0.291. The monoisotopic (exact) mass is 292 g/mol. The summed E-state index contributed by atoms with van der Waals surface area (Å²) in [4.78, 5) is 8.64. The highest BCUT2D eigenvalue weighted by atomic mass is 32.2. The average molecular weight is 292 g/mol. The van der Waals surface area contributed by atoms with E-state index in [4.69, 9.17) is 0 Å². The molecule has 0 atom stereocenters. The Balaban J connectivity index is 2.16. The van der Waals surface area contributed by atoms with Gasteiger partial charge in [-0.1, -0.05) is 0 Å². The SMILES string of the molecule is CCNc1nccc(Nc2ccc(S(C)(=O)=O)cc2)n1. The van der Waals surface area contributed by atoms with Crippen LogP contribution < -0.4 is 10.6 Å². The molecule has 0 aliphatic heterocycles. The molecule has 6 nitrogen and oxygen atoms in total. The molecule has 0 saturated carbocycles. The van der Waals surface area contributed by atoms with Crippen LogP contribution in [-0.4, -0.2) is 31.2 Å². The van der Waals surface area contributed by atoms with E-state index in [1.165, 1.54) is 6.26 Å². The third kappa shape index (κ3) is 3.67. The number of anilines is 3. The number of nitrogens with one attached hydrogen (secondary N) is 2. The summed E-state index contributed by atoms with van der Waals surface area (Å²) in [6, 6.07) is 8.26. The van der Waals surface area contributed by atoms with Gasteiger partial charge in [-0.05, 0) is 37.3 Å². The third-order valence-corrected chi connectivity index (χ3v) is 3.67. The molecule has 7 heteroatoms. The molecule has 2 rings (SSSR count). The lowest BCUT2D eigenvalue weighted by Crippen LogP contribution is -2.03. The van der Waals surface area contributed by atoms with Crippen molar-refractivity contribution in [3.63, 3.8) is 0 Å². The molecule has 0 fully saturated rings. The molecule has 2 N–H and O–H groups in total. The Labute approximate surface area is 118 Å². The molecule has 2 aromatic rings. The van der Waals surface area contributed by atoms with Gasteiger partial charge in [-0.15, -0.1) is 0 Å². The second kappa shape index (κ2) is 5.87. The summed E-state index contributed by atoms with van der Waals surface area (Å²) < 4.78 is 22.7. The van der Waals surface area contributed by atoms with Crippen LogP contribution in [0.4, 0.5) is 17.5 Å². The van der Waals surface area contributed by atoms with Gasteiger partial charge in [0.1, 0.15) is 5.82 Å². The molecule has 0 radical (unpaired) electrons. The number of rotatable bonds is 5. The minimum atomic E-state index is -3.17. The first-order valence-corrected chi connectivity index (χ1v) is 8.02. The number of benzene rings is 1. The van der Waals surface area contributed by atoms with Gasteiger partial charge in [-0.25, -0.2) is 13.4 Å². The standard InChI is InChI=1S/C13H16N4O2S/c1-3-14-13-15-9-8-12(17-13)16-10-4-6-11(7-5-10)20(2,18)19/h4-9H,3H2,1-2H3,(H2,14,15,16,17). The zero-order chi connectivity index (χ0) is 14.6. The number of sulfone groups is 1. The van der Waals surface area contributed by atoms with Gasteiger partial charge in [0.05, 0.1) is 4.90 Å². The van der Waals surface area contributed by atoms with Crippen LogP contribution in [0.2, 0.25) is 0 Å². The van der Waals surface area contributed by atoms with E-state index in [-0.39, 0.29) is 0 Å². The van der Waals surface area contributed by atoms with Crippen molar-refractivity contribution in [1.29, 1.82) is 0 Å². The normalized spacial score (nSPS) is 11.1. The average Bonchev–Trinajstić information content (AvgIpc) is 2.39. The lowest BCUT2D eigenvalue weighted by Gasteiger charge is -2.08. The quantitative estimate of drug-likeness (QED) is 0.877. The first kappa shape index (κ1) is 14.3. The minimum Gasteiger partial charge on any atom is -0.354 e. The molecule has 1 heterocycles. The number of aromatic nitrogens is 2. The van der Waals surface area contributed by atoms with Crippen LogP contribution in [0, 0.1) is 0 Å². The van der Waals surface area contributed by atoms with E-state index in [1.54, 1.807) is 36.5 Å². The summed E-state index contributed by atoms with van der Waals surface area (Å²) in [5.41, 5.74) is 0.763. The van der Waals surface area contributed by atoms with E-state index in [9.17, 15) is 8.42 Å². The molecule has 1 aromatic heterocycles. The molecule has 0 aliphatic carbocycles. The number of hydrogen-bond acceptors (Lipinski definition) is 6. The maximum atomic E-state index is 11.4. The van der Waals surface area contributed by atoms with Crippen LogP contribution >= 0.6 is 0 Å². The molecule has 0 saturated heterocycles. The fourth-order valence-electron chi connectivity index (χ4n) is 1.60. The Bertz CT molecular complexity index is 684. The van der Waals surface area contributed by atoms with Crippen molar-refractivity contribution in [2.24, 2.45) is 0 Å². The van der Waals surface area contributed by atoms with Crippen LogP contribution in [-0.2, 0) is 9.84 Å². The summed E-state index contributed by atoms with van der Waals surface area (Å²) in [6.45, 7) is 2.71. The van der Waals surface area contributed by atoms with Crippen LogP contribution in [0.3, 0.4) is 0 Å². The van der Waals surface area contributed by atoms with Crippen molar-refractivity contribution in [1.82, 2.24) is 9.97 Å². The van der Waals surface area contributed by atoms with E-state index in [0.717, 1.165) is 12.2 Å². The van der Waals surface area contributed by atoms with Crippen LogP contribution in [0.1, 0.15) is 6.92 Å². The van der Waals surface area contributed by atoms with Crippen molar-refractivity contribution < 1.29 is 8.42 Å². The van der Waals surface area contributed by atoms with Crippen molar-refractivity contribution >= 4 is 27.3 Å². The Morgan fingerprint density at radius 1 is 1.15 bits per heavy atom. The van der Waals surface area contributed by atoms with Crippen LogP contribution in [0.25, 0.3) is 0 Å². The van der Waals surface area contributed by atoms with Crippen LogP contribution in [0.5, 0.6) is 0 Å². The van der Waals surface area contributed by atoms with Crippen molar-refractivity contribution in [3.05, 3.63) is 36.5 Å².